The van der Waals surface area contributed by atoms with Crippen LogP contribution < -0.4 is 14.4 Å². The molecule has 0 atom stereocenters. The van der Waals surface area contributed by atoms with Crippen LogP contribution in [0.15, 0.2) is 41.3 Å². The fourth-order valence-corrected chi connectivity index (χ4v) is 3.72. The van der Waals surface area contributed by atoms with Crippen LogP contribution in [-0.2, 0) is 4.79 Å². The normalized spacial score (nSPS) is 15.7. The summed E-state index contributed by atoms with van der Waals surface area (Å²) in [7, 11) is 2.98. The van der Waals surface area contributed by atoms with Crippen LogP contribution in [0.5, 0.6) is 11.5 Å². The van der Waals surface area contributed by atoms with Crippen molar-refractivity contribution in [1.29, 1.82) is 0 Å². The molecule has 1 aliphatic heterocycles. The van der Waals surface area contributed by atoms with Gasteiger partial charge < -0.3 is 9.47 Å². The zero-order valence-corrected chi connectivity index (χ0v) is 16.1. The monoisotopic (exact) mass is 409 g/mol. The summed E-state index contributed by atoms with van der Waals surface area (Å²) in [6.45, 7) is 0. The zero-order valence-electron chi connectivity index (χ0n) is 13.8. The SMILES string of the molecule is COc1cc(/C=C2/SC(=O)N(c3ccc(Cl)cc3)C2=O)cc(Cl)c1OC. The molecule has 0 aliphatic carbocycles. The fraction of sp³-hybridized carbons (Fsp3) is 0.111. The molecular formula is C18H13Cl2NO4S. The molecule has 134 valence electrons. The molecule has 0 saturated carbocycles. The number of benzene rings is 2. The molecule has 0 aromatic heterocycles. The number of halogens is 2. The highest BCUT2D eigenvalue weighted by Gasteiger charge is 2.36. The van der Waals surface area contributed by atoms with Crippen LogP contribution in [-0.4, -0.2) is 25.4 Å². The van der Waals surface area contributed by atoms with Crippen LogP contribution in [0.1, 0.15) is 5.56 Å². The van der Waals surface area contributed by atoms with Crippen LogP contribution in [0.4, 0.5) is 10.5 Å². The van der Waals surface area contributed by atoms with Crippen molar-refractivity contribution >= 4 is 57.9 Å². The molecule has 0 spiro atoms. The Morgan fingerprint density at radius 1 is 1.04 bits per heavy atom. The number of thioether (sulfide) groups is 1. The maximum absolute atomic E-state index is 12.7. The molecule has 1 fully saturated rings. The number of amides is 2. The maximum atomic E-state index is 12.7. The molecule has 2 amide bonds. The van der Waals surface area contributed by atoms with E-state index in [1.54, 1.807) is 42.5 Å². The Labute approximate surface area is 164 Å². The highest BCUT2D eigenvalue weighted by atomic mass is 35.5. The quantitative estimate of drug-likeness (QED) is 0.645. The van der Waals surface area contributed by atoms with Gasteiger partial charge in [-0.1, -0.05) is 23.2 Å². The number of methoxy groups -OCH3 is 2. The predicted molar refractivity (Wildman–Crippen MR) is 104 cm³/mol. The molecule has 26 heavy (non-hydrogen) atoms. The Kier molecular flexibility index (Phi) is 5.46. The van der Waals surface area contributed by atoms with E-state index in [9.17, 15) is 9.59 Å². The first-order valence-corrected chi connectivity index (χ1v) is 8.97. The minimum Gasteiger partial charge on any atom is -0.493 e. The molecule has 0 bridgehead atoms. The van der Waals surface area contributed by atoms with Crippen molar-refractivity contribution in [2.75, 3.05) is 19.1 Å². The summed E-state index contributed by atoms with van der Waals surface area (Å²) >= 11 is 12.9. The second kappa shape index (κ2) is 7.61. The summed E-state index contributed by atoms with van der Waals surface area (Å²) in [5.41, 5.74) is 1.08. The second-order valence-electron chi connectivity index (χ2n) is 5.23. The van der Waals surface area contributed by atoms with Gasteiger partial charge in [-0.25, -0.2) is 4.90 Å². The van der Waals surface area contributed by atoms with Crippen molar-refractivity contribution in [1.82, 2.24) is 0 Å². The van der Waals surface area contributed by atoms with Gasteiger partial charge in [0, 0.05) is 5.02 Å². The molecule has 2 aromatic carbocycles. The first-order chi connectivity index (χ1) is 12.4. The van der Waals surface area contributed by atoms with E-state index in [1.165, 1.54) is 14.2 Å². The number of ether oxygens (including phenoxy) is 2. The van der Waals surface area contributed by atoms with Crippen LogP contribution in [0.3, 0.4) is 0 Å². The Hall–Kier alpha value is -2.15. The lowest BCUT2D eigenvalue weighted by Crippen LogP contribution is -2.27. The maximum Gasteiger partial charge on any atom is 0.298 e. The predicted octanol–water partition coefficient (Wildman–Crippen LogP) is 5.25. The summed E-state index contributed by atoms with van der Waals surface area (Å²) in [5.74, 6) is 0.428. The Morgan fingerprint density at radius 2 is 1.73 bits per heavy atom. The van der Waals surface area contributed by atoms with Gasteiger partial charge >= 0.3 is 0 Å². The van der Waals surface area contributed by atoms with Gasteiger partial charge in [-0.15, -0.1) is 0 Å². The summed E-state index contributed by atoms with van der Waals surface area (Å²) in [6, 6.07) is 9.81. The number of imide groups is 1. The van der Waals surface area contributed by atoms with Crippen molar-refractivity contribution < 1.29 is 19.1 Å². The van der Waals surface area contributed by atoms with E-state index in [0.29, 0.717) is 32.8 Å². The topological polar surface area (TPSA) is 55.8 Å². The van der Waals surface area contributed by atoms with Gasteiger partial charge in [-0.05, 0) is 59.8 Å². The number of anilines is 1. The summed E-state index contributed by atoms with van der Waals surface area (Å²) in [6.07, 6.45) is 1.59. The molecule has 8 heteroatoms. The van der Waals surface area contributed by atoms with Crippen LogP contribution in [0.25, 0.3) is 6.08 Å². The van der Waals surface area contributed by atoms with E-state index in [1.807, 2.05) is 0 Å². The third-order valence-electron chi connectivity index (χ3n) is 3.63. The van der Waals surface area contributed by atoms with Crippen molar-refractivity contribution in [3.05, 3.63) is 56.9 Å². The van der Waals surface area contributed by atoms with Gasteiger partial charge in [0.05, 0.1) is 29.8 Å². The third kappa shape index (κ3) is 3.53. The Bertz CT molecular complexity index is 912. The van der Waals surface area contributed by atoms with Gasteiger partial charge in [-0.3, -0.25) is 9.59 Å². The van der Waals surface area contributed by atoms with E-state index < -0.39 is 5.91 Å². The lowest BCUT2D eigenvalue weighted by atomic mass is 10.1. The first-order valence-electron chi connectivity index (χ1n) is 7.39. The lowest BCUT2D eigenvalue weighted by Gasteiger charge is -2.12. The van der Waals surface area contributed by atoms with Gasteiger partial charge in [0.1, 0.15) is 0 Å². The molecule has 0 N–H and O–H groups in total. The first kappa shape index (κ1) is 18.6. The number of hydrogen-bond acceptors (Lipinski definition) is 5. The number of carbonyl (C=O) groups is 2. The van der Waals surface area contributed by atoms with E-state index in [4.69, 9.17) is 32.7 Å². The van der Waals surface area contributed by atoms with Crippen molar-refractivity contribution in [2.45, 2.75) is 0 Å². The van der Waals surface area contributed by atoms with Crippen LogP contribution in [0, 0.1) is 0 Å². The highest BCUT2D eigenvalue weighted by Crippen LogP contribution is 2.39. The van der Waals surface area contributed by atoms with Gasteiger partial charge in [-0.2, -0.15) is 0 Å². The number of rotatable bonds is 4. The summed E-state index contributed by atoms with van der Waals surface area (Å²) in [4.78, 5) is 26.3. The molecule has 1 aliphatic rings. The van der Waals surface area contributed by atoms with Crippen LogP contribution in [0.2, 0.25) is 10.0 Å². The minimum atomic E-state index is -0.409. The van der Waals surface area contributed by atoms with E-state index in [-0.39, 0.29) is 10.1 Å². The van der Waals surface area contributed by atoms with E-state index in [2.05, 4.69) is 0 Å². The zero-order chi connectivity index (χ0) is 18.8. The minimum absolute atomic E-state index is 0.285. The largest absolute Gasteiger partial charge is 0.493 e. The molecule has 0 unspecified atom stereocenters. The summed E-state index contributed by atoms with van der Waals surface area (Å²) < 4.78 is 10.4. The third-order valence-corrected chi connectivity index (χ3v) is 5.03. The summed E-state index contributed by atoms with van der Waals surface area (Å²) in [5, 5.41) is 0.487. The smallest absolute Gasteiger partial charge is 0.298 e. The van der Waals surface area contributed by atoms with Gasteiger partial charge in [0.15, 0.2) is 11.5 Å². The highest BCUT2D eigenvalue weighted by molar-refractivity contribution is 8.19. The molecule has 3 rings (SSSR count). The molecule has 1 saturated heterocycles. The lowest BCUT2D eigenvalue weighted by molar-refractivity contribution is -0.113. The average molecular weight is 410 g/mol. The van der Waals surface area contributed by atoms with Gasteiger partial charge in [0.2, 0.25) is 0 Å². The second-order valence-corrected chi connectivity index (χ2v) is 7.07. The Balaban J connectivity index is 1.95. The van der Waals surface area contributed by atoms with Crippen LogP contribution >= 0.6 is 35.0 Å². The number of carbonyl (C=O) groups excluding carboxylic acids is 2. The van der Waals surface area contributed by atoms with Crippen molar-refractivity contribution in [3.8, 4) is 11.5 Å². The van der Waals surface area contributed by atoms with E-state index >= 15 is 0 Å². The fourth-order valence-electron chi connectivity index (χ4n) is 2.45. The Morgan fingerprint density at radius 3 is 2.35 bits per heavy atom. The standard InChI is InChI=1S/C18H13Cl2NO4S/c1-24-14-8-10(7-13(20)16(14)25-2)9-15-17(22)21(18(23)26-15)12-5-3-11(19)4-6-12/h3-9H,1-2H3/b15-9+. The molecule has 0 radical (unpaired) electrons. The van der Waals surface area contributed by atoms with E-state index in [0.717, 1.165) is 16.7 Å². The molecular weight excluding hydrogens is 397 g/mol. The molecule has 2 aromatic rings. The molecule has 5 nitrogen and oxygen atoms in total. The van der Waals surface area contributed by atoms with Gasteiger partial charge in [0.25, 0.3) is 11.1 Å². The van der Waals surface area contributed by atoms with Crippen molar-refractivity contribution in [2.24, 2.45) is 0 Å². The number of nitrogens with zero attached hydrogens (tertiary/aromatic N) is 1. The molecule has 1 heterocycles. The van der Waals surface area contributed by atoms with Crippen molar-refractivity contribution in [3.63, 3.8) is 0 Å². The number of hydrogen-bond donors (Lipinski definition) is 0. The average Bonchev–Trinajstić information content (AvgIpc) is 2.89.